The van der Waals surface area contributed by atoms with E-state index in [0.29, 0.717) is 0 Å². The Morgan fingerprint density at radius 2 is 2.05 bits per heavy atom. The van der Waals surface area contributed by atoms with Crippen LogP contribution in [0.25, 0.3) is 16.6 Å². The topological polar surface area (TPSA) is 37.0 Å². The van der Waals surface area contributed by atoms with E-state index in [2.05, 4.69) is 43.6 Å². The average Bonchev–Trinajstić information content (AvgIpc) is 3.03. The number of aromatic nitrogens is 4. The molecular formula is C15H13N4+. The first-order chi connectivity index (χ1) is 9.38. The van der Waals surface area contributed by atoms with Gasteiger partial charge in [-0.1, -0.05) is 12.1 Å². The molecule has 92 valence electrons. The van der Waals surface area contributed by atoms with E-state index >= 15 is 0 Å². The van der Waals surface area contributed by atoms with E-state index in [4.69, 9.17) is 0 Å². The predicted molar refractivity (Wildman–Crippen MR) is 72.8 cm³/mol. The van der Waals surface area contributed by atoms with E-state index in [1.165, 1.54) is 5.52 Å². The lowest BCUT2D eigenvalue weighted by molar-refractivity contribution is -0.688. The summed E-state index contributed by atoms with van der Waals surface area (Å²) in [6.07, 6.45) is 8.27. The van der Waals surface area contributed by atoms with Crippen LogP contribution in [0.1, 0.15) is 5.82 Å². The lowest BCUT2D eigenvalue weighted by Crippen LogP contribution is -2.34. The lowest BCUT2D eigenvalue weighted by Gasteiger charge is -1.95. The van der Waals surface area contributed by atoms with Crippen molar-refractivity contribution in [1.82, 2.24) is 14.4 Å². The minimum atomic E-state index is 0.746. The SMILES string of the molecule is c1ccc2[nH]c(C[n+]3ccn4cccc4c3)nc2c1. The first kappa shape index (κ1) is 10.3. The fourth-order valence-corrected chi connectivity index (χ4v) is 2.37. The summed E-state index contributed by atoms with van der Waals surface area (Å²) in [6.45, 7) is 0.746. The molecule has 0 saturated carbocycles. The molecule has 0 aliphatic carbocycles. The molecule has 4 aromatic rings. The number of fused-ring (bicyclic) bond motifs is 2. The quantitative estimate of drug-likeness (QED) is 0.543. The number of rotatable bonds is 2. The standard InChI is InChI=1S/C15H13N4/c1-2-6-14-13(5-1)16-15(17-14)11-18-8-9-19-7-3-4-12(19)10-18/h1-10H,11H2,(H,16,17)/q+1. The Labute approximate surface area is 110 Å². The van der Waals surface area contributed by atoms with Crippen LogP contribution in [0.2, 0.25) is 0 Å². The molecule has 1 N–H and O–H groups in total. The highest BCUT2D eigenvalue weighted by Gasteiger charge is 2.08. The Morgan fingerprint density at radius 1 is 1.11 bits per heavy atom. The predicted octanol–water partition coefficient (Wildman–Crippen LogP) is 2.15. The first-order valence-electron chi connectivity index (χ1n) is 6.28. The lowest BCUT2D eigenvalue weighted by atomic mass is 10.3. The molecule has 0 amide bonds. The molecule has 1 aromatic carbocycles. The molecule has 0 spiro atoms. The van der Waals surface area contributed by atoms with Crippen LogP contribution in [0.5, 0.6) is 0 Å². The van der Waals surface area contributed by atoms with Crippen molar-refractivity contribution in [3.63, 3.8) is 0 Å². The van der Waals surface area contributed by atoms with Gasteiger partial charge in [0, 0.05) is 6.20 Å². The molecule has 0 radical (unpaired) electrons. The fraction of sp³-hybridized carbons (Fsp3) is 0.0667. The van der Waals surface area contributed by atoms with Crippen molar-refractivity contribution >= 4 is 16.6 Å². The van der Waals surface area contributed by atoms with Crippen LogP contribution in [-0.4, -0.2) is 14.4 Å². The molecule has 0 aliphatic heterocycles. The van der Waals surface area contributed by atoms with E-state index < -0.39 is 0 Å². The summed E-state index contributed by atoms with van der Waals surface area (Å²) in [6, 6.07) is 12.2. The van der Waals surface area contributed by atoms with Crippen LogP contribution < -0.4 is 4.57 Å². The highest BCUT2D eigenvalue weighted by molar-refractivity contribution is 5.74. The fourth-order valence-electron chi connectivity index (χ4n) is 2.37. The van der Waals surface area contributed by atoms with Crippen LogP contribution in [-0.2, 0) is 6.54 Å². The Balaban J connectivity index is 1.72. The van der Waals surface area contributed by atoms with Crippen LogP contribution in [0.3, 0.4) is 0 Å². The van der Waals surface area contributed by atoms with Gasteiger partial charge in [0.1, 0.15) is 5.52 Å². The zero-order valence-corrected chi connectivity index (χ0v) is 10.3. The highest BCUT2D eigenvalue weighted by atomic mass is 15.0. The summed E-state index contributed by atoms with van der Waals surface area (Å²) in [5.41, 5.74) is 3.28. The number of benzene rings is 1. The summed E-state index contributed by atoms with van der Waals surface area (Å²) < 4.78 is 4.22. The smallest absolute Gasteiger partial charge is 0.205 e. The molecular weight excluding hydrogens is 236 g/mol. The van der Waals surface area contributed by atoms with Gasteiger partial charge in [-0.2, -0.15) is 4.57 Å². The van der Waals surface area contributed by atoms with Gasteiger partial charge in [0.2, 0.25) is 6.54 Å². The number of imidazole rings is 1. The van der Waals surface area contributed by atoms with Crippen molar-refractivity contribution in [2.24, 2.45) is 0 Å². The number of nitrogens with zero attached hydrogens (tertiary/aromatic N) is 3. The Kier molecular flexibility index (Phi) is 2.14. The van der Waals surface area contributed by atoms with Crippen molar-refractivity contribution in [3.8, 4) is 0 Å². The van der Waals surface area contributed by atoms with E-state index in [1.807, 2.05) is 36.5 Å². The summed E-state index contributed by atoms with van der Waals surface area (Å²) in [5, 5.41) is 0. The van der Waals surface area contributed by atoms with Crippen LogP contribution >= 0.6 is 0 Å². The van der Waals surface area contributed by atoms with Gasteiger partial charge in [0.15, 0.2) is 18.2 Å². The van der Waals surface area contributed by atoms with Gasteiger partial charge in [0.25, 0.3) is 0 Å². The van der Waals surface area contributed by atoms with Crippen molar-refractivity contribution in [1.29, 1.82) is 0 Å². The number of nitrogens with one attached hydrogen (secondary N) is 1. The molecule has 0 aliphatic rings. The van der Waals surface area contributed by atoms with Crippen LogP contribution in [0.15, 0.2) is 61.2 Å². The van der Waals surface area contributed by atoms with Gasteiger partial charge >= 0.3 is 0 Å². The Morgan fingerprint density at radius 3 is 3.00 bits per heavy atom. The van der Waals surface area contributed by atoms with E-state index in [1.54, 1.807) is 0 Å². The number of hydrogen-bond acceptors (Lipinski definition) is 1. The van der Waals surface area contributed by atoms with Crippen LogP contribution in [0.4, 0.5) is 0 Å². The molecule has 3 heterocycles. The van der Waals surface area contributed by atoms with Gasteiger partial charge < -0.3 is 9.38 Å². The van der Waals surface area contributed by atoms with E-state index in [9.17, 15) is 0 Å². The third-order valence-electron chi connectivity index (χ3n) is 3.30. The van der Waals surface area contributed by atoms with E-state index in [-0.39, 0.29) is 0 Å². The summed E-state index contributed by atoms with van der Waals surface area (Å²) >= 11 is 0. The molecule has 0 fully saturated rings. The van der Waals surface area contributed by atoms with Gasteiger partial charge in [-0.15, -0.1) is 0 Å². The van der Waals surface area contributed by atoms with Crippen molar-refractivity contribution in [2.45, 2.75) is 6.54 Å². The molecule has 3 aromatic heterocycles. The average molecular weight is 249 g/mol. The zero-order chi connectivity index (χ0) is 12.7. The second kappa shape index (κ2) is 3.95. The molecule has 19 heavy (non-hydrogen) atoms. The van der Waals surface area contributed by atoms with Gasteiger partial charge in [-0.3, -0.25) is 0 Å². The minimum Gasteiger partial charge on any atom is -0.337 e. The maximum absolute atomic E-state index is 4.59. The molecule has 0 atom stereocenters. The maximum Gasteiger partial charge on any atom is 0.205 e. The Bertz CT molecular complexity index is 823. The summed E-state index contributed by atoms with van der Waals surface area (Å²) in [7, 11) is 0. The van der Waals surface area contributed by atoms with E-state index in [0.717, 1.165) is 23.4 Å². The number of aromatic amines is 1. The monoisotopic (exact) mass is 249 g/mol. The molecule has 4 nitrogen and oxygen atoms in total. The second-order valence-electron chi connectivity index (χ2n) is 4.64. The molecule has 0 bridgehead atoms. The van der Waals surface area contributed by atoms with Crippen molar-refractivity contribution in [2.75, 3.05) is 0 Å². The Hall–Kier alpha value is -2.62. The van der Waals surface area contributed by atoms with Gasteiger partial charge in [0.05, 0.1) is 17.2 Å². The normalized spacial score (nSPS) is 11.4. The third-order valence-corrected chi connectivity index (χ3v) is 3.30. The molecule has 4 rings (SSSR count). The zero-order valence-electron chi connectivity index (χ0n) is 10.3. The third kappa shape index (κ3) is 1.78. The van der Waals surface area contributed by atoms with Gasteiger partial charge in [-0.25, -0.2) is 4.98 Å². The van der Waals surface area contributed by atoms with Crippen molar-refractivity contribution in [3.05, 3.63) is 67.0 Å². The number of para-hydroxylation sites is 2. The highest BCUT2D eigenvalue weighted by Crippen LogP contribution is 2.10. The second-order valence-corrected chi connectivity index (χ2v) is 4.64. The van der Waals surface area contributed by atoms with Crippen LogP contribution in [0, 0.1) is 0 Å². The largest absolute Gasteiger partial charge is 0.337 e. The molecule has 0 saturated heterocycles. The first-order valence-corrected chi connectivity index (χ1v) is 6.28. The molecule has 4 heteroatoms. The minimum absolute atomic E-state index is 0.746. The number of H-pyrrole nitrogens is 1. The van der Waals surface area contributed by atoms with Gasteiger partial charge in [-0.05, 0) is 24.3 Å². The van der Waals surface area contributed by atoms with Crippen molar-refractivity contribution < 1.29 is 4.57 Å². The molecule has 0 unspecified atom stereocenters. The number of hydrogen-bond donors (Lipinski definition) is 1. The maximum atomic E-state index is 4.59. The summed E-state index contributed by atoms with van der Waals surface area (Å²) in [5.74, 6) is 0.974. The summed E-state index contributed by atoms with van der Waals surface area (Å²) in [4.78, 5) is 7.94.